The van der Waals surface area contributed by atoms with Crippen molar-refractivity contribution in [3.63, 3.8) is 0 Å². The van der Waals surface area contributed by atoms with Crippen LogP contribution >= 0.6 is 0 Å². The molecule has 2 rings (SSSR count). The van der Waals surface area contributed by atoms with Crippen LogP contribution in [0.2, 0.25) is 0 Å². The van der Waals surface area contributed by atoms with Crippen molar-refractivity contribution in [3.8, 4) is 5.75 Å². The predicted octanol–water partition coefficient (Wildman–Crippen LogP) is 2.79. The van der Waals surface area contributed by atoms with E-state index in [2.05, 4.69) is 10.1 Å². The molecule has 0 unspecified atom stereocenters. The summed E-state index contributed by atoms with van der Waals surface area (Å²) in [5.41, 5.74) is 1.06. The first-order chi connectivity index (χ1) is 9.91. The van der Waals surface area contributed by atoms with Gasteiger partial charge in [-0.2, -0.15) is 5.10 Å². The number of hydrogen-bond acceptors (Lipinski definition) is 4. The maximum Gasteiger partial charge on any atom is 0.163 e. The number of carbonyl (C=O) groups is 1. The highest BCUT2D eigenvalue weighted by atomic mass is 16.5. The van der Waals surface area contributed by atoms with Crippen LogP contribution in [-0.4, -0.2) is 27.7 Å². The summed E-state index contributed by atoms with van der Waals surface area (Å²) in [6.45, 7) is 5.66. The van der Waals surface area contributed by atoms with Gasteiger partial charge in [-0.15, -0.1) is 0 Å². The van der Waals surface area contributed by atoms with Crippen molar-refractivity contribution in [1.29, 1.82) is 0 Å². The molecular weight excluding hydrogens is 266 g/mol. The fourth-order valence-corrected chi connectivity index (χ4v) is 1.74. The molecule has 1 aromatic heterocycles. The fraction of sp³-hybridized carbons (Fsp3) is 0.312. The van der Waals surface area contributed by atoms with Gasteiger partial charge in [0.1, 0.15) is 18.4 Å². The lowest BCUT2D eigenvalue weighted by molar-refractivity contribution is -0.121. The second kappa shape index (κ2) is 5.91. The standard InChI is InChI=1S/C16H19N3O2/c1-16(2,3)15(20)9-14(19-11-17-10-18-19)12-6-5-7-13(8-12)21-4/h5-11H,1-4H3. The number of hydrogen-bond donors (Lipinski definition) is 0. The van der Waals surface area contributed by atoms with Gasteiger partial charge >= 0.3 is 0 Å². The van der Waals surface area contributed by atoms with Gasteiger partial charge < -0.3 is 4.74 Å². The van der Waals surface area contributed by atoms with Crippen LogP contribution in [0.1, 0.15) is 26.3 Å². The molecule has 0 fully saturated rings. The molecule has 5 heteroatoms. The molecule has 0 atom stereocenters. The Morgan fingerprint density at radius 3 is 2.67 bits per heavy atom. The second-order valence-corrected chi connectivity index (χ2v) is 5.72. The Balaban J connectivity index is 2.52. The molecule has 0 aliphatic heterocycles. The van der Waals surface area contributed by atoms with Crippen LogP contribution in [0.25, 0.3) is 5.70 Å². The number of aromatic nitrogens is 3. The Kier molecular flexibility index (Phi) is 4.21. The number of ketones is 1. The number of methoxy groups -OCH3 is 1. The first-order valence-corrected chi connectivity index (χ1v) is 6.67. The van der Waals surface area contributed by atoms with Crippen LogP contribution in [0.3, 0.4) is 0 Å². The molecular formula is C16H19N3O2. The second-order valence-electron chi connectivity index (χ2n) is 5.72. The van der Waals surface area contributed by atoms with Gasteiger partial charge in [0.15, 0.2) is 5.78 Å². The molecule has 2 aromatic rings. The van der Waals surface area contributed by atoms with E-state index >= 15 is 0 Å². The van der Waals surface area contributed by atoms with Crippen LogP contribution in [0, 0.1) is 5.41 Å². The van der Waals surface area contributed by atoms with Crippen molar-refractivity contribution < 1.29 is 9.53 Å². The molecule has 0 saturated carbocycles. The minimum atomic E-state index is -0.454. The van der Waals surface area contributed by atoms with Gasteiger partial charge in [-0.05, 0) is 12.1 Å². The topological polar surface area (TPSA) is 57.0 Å². The molecule has 21 heavy (non-hydrogen) atoms. The van der Waals surface area contributed by atoms with Gasteiger partial charge in [0, 0.05) is 17.1 Å². The maximum absolute atomic E-state index is 12.3. The van der Waals surface area contributed by atoms with E-state index < -0.39 is 5.41 Å². The lowest BCUT2D eigenvalue weighted by atomic mass is 9.90. The number of carbonyl (C=O) groups excluding carboxylic acids is 1. The number of ether oxygens (including phenoxy) is 1. The number of nitrogens with zero attached hydrogens (tertiary/aromatic N) is 3. The summed E-state index contributed by atoms with van der Waals surface area (Å²) in [4.78, 5) is 16.3. The van der Waals surface area contributed by atoms with Crippen molar-refractivity contribution in [2.45, 2.75) is 20.8 Å². The van der Waals surface area contributed by atoms with Crippen LogP contribution < -0.4 is 4.74 Å². The minimum Gasteiger partial charge on any atom is -0.497 e. The number of rotatable bonds is 4. The first-order valence-electron chi connectivity index (χ1n) is 6.67. The van der Waals surface area contributed by atoms with Gasteiger partial charge in [-0.25, -0.2) is 9.67 Å². The summed E-state index contributed by atoms with van der Waals surface area (Å²) >= 11 is 0. The largest absolute Gasteiger partial charge is 0.497 e. The summed E-state index contributed by atoms with van der Waals surface area (Å²) in [7, 11) is 1.61. The maximum atomic E-state index is 12.3. The Bertz CT molecular complexity index is 652. The summed E-state index contributed by atoms with van der Waals surface area (Å²) in [6.07, 6.45) is 4.61. The van der Waals surface area contributed by atoms with Crippen LogP contribution in [0.15, 0.2) is 43.0 Å². The molecule has 0 aliphatic rings. The van der Waals surface area contributed by atoms with E-state index in [1.807, 2.05) is 45.0 Å². The van der Waals surface area contributed by atoms with Gasteiger partial charge in [-0.1, -0.05) is 32.9 Å². The smallest absolute Gasteiger partial charge is 0.163 e. The minimum absolute atomic E-state index is 0.0239. The highest BCUT2D eigenvalue weighted by molar-refractivity contribution is 5.99. The third-order valence-electron chi connectivity index (χ3n) is 3.04. The molecule has 0 aliphatic carbocycles. The first kappa shape index (κ1) is 15.0. The van der Waals surface area contributed by atoms with Gasteiger partial charge in [0.05, 0.1) is 12.8 Å². The molecule has 1 aromatic carbocycles. The van der Waals surface area contributed by atoms with Crippen molar-refractivity contribution in [2.75, 3.05) is 7.11 Å². The van der Waals surface area contributed by atoms with Crippen LogP contribution in [0.5, 0.6) is 5.75 Å². The zero-order valence-corrected chi connectivity index (χ0v) is 12.7. The Labute approximate surface area is 124 Å². The average molecular weight is 285 g/mol. The van der Waals surface area contributed by atoms with Crippen molar-refractivity contribution in [1.82, 2.24) is 14.8 Å². The molecule has 5 nitrogen and oxygen atoms in total. The Morgan fingerprint density at radius 2 is 2.10 bits per heavy atom. The normalized spacial score (nSPS) is 12.3. The summed E-state index contributed by atoms with van der Waals surface area (Å²) in [5.74, 6) is 0.748. The molecule has 1 heterocycles. The molecule has 0 bridgehead atoms. The molecule has 0 radical (unpaired) electrons. The van der Waals surface area contributed by atoms with Gasteiger partial charge in [-0.3, -0.25) is 4.79 Å². The van der Waals surface area contributed by atoms with Crippen molar-refractivity contribution in [3.05, 3.63) is 48.6 Å². The van der Waals surface area contributed by atoms with E-state index in [-0.39, 0.29) is 5.78 Å². The summed E-state index contributed by atoms with van der Waals surface area (Å²) in [5, 5.41) is 4.13. The van der Waals surface area contributed by atoms with E-state index in [4.69, 9.17) is 4.74 Å². The van der Waals surface area contributed by atoms with E-state index in [0.717, 1.165) is 11.3 Å². The quantitative estimate of drug-likeness (QED) is 0.811. The van der Waals surface area contributed by atoms with Crippen molar-refractivity contribution >= 4 is 11.5 Å². The third-order valence-corrected chi connectivity index (χ3v) is 3.04. The van der Waals surface area contributed by atoms with Crippen molar-refractivity contribution in [2.24, 2.45) is 5.41 Å². The molecule has 0 amide bonds. The highest BCUT2D eigenvalue weighted by Gasteiger charge is 2.21. The molecule has 0 saturated heterocycles. The number of allylic oxidation sites excluding steroid dienone is 1. The van der Waals surface area contributed by atoms with E-state index in [1.165, 1.54) is 6.33 Å². The van der Waals surface area contributed by atoms with Crippen LogP contribution in [0.4, 0.5) is 0 Å². The average Bonchev–Trinajstić information content (AvgIpc) is 2.97. The number of benzene rings is 1. The monoisotopic (exact) mass is 285 g/mol. The van der Waals surface area contributed by atoms with E-state index in [9.17, 15) is 4.79 Å². The summed E-state index contributed by atoms with van der Waals surface area (Å²) < 4.78 is 6.82. The lowest BCUT2D eigenvalue weighted by Crippen LogP contribution is -2.18. The predicted molar refractivity (Wildman–Crippen MR) is 80.9 cm³/mol. The van der Waals surface area contributed by atoms with Gasteiger partial charge in [0.25, 0.3) is 0 Å². The fourth-order valence-electron chi connectivity index (χ4n) is 1.74. The SMILES string of the molecule is COc1cccc(C(=CC(=O)C(C)(C)C)n2cncn2)c1. The molecule has 0 spiro atoms. The van der Waals surface area contributed by atoms with E-state index in [0.29, 0.717) is 5.70 Å². The lowest BCUT2D eigenvalue weighted by Gasteiger charge is -2.15. The highest BCUT2D eigenvalue weighted by Crippen LogP contribution is 2.24. The van der Waals surface area contributed by atoms with Crippen LogP contribution in [-0.2, 0) is 4.79 Å². The molecule has 110 valence electrons. The zero-order valence-electron chi connectivity index (χ0n) is 12.7. The Hall–Kier alpha value is -2.43. The van der Waals surface area contributed by atoms with E-state index in [1.54, 1.807) is 24.2 Å². The zero-order chi connectivity index (χ0) is 15.5. The Morgan fingerprint density at radius 1 is 1.33 bits per heavy atom. The third kappa shape index (κ3) is 3.56. The molecule has 0 N–H and O–H groups in total. The summed E-state index contributed by atoms with van der Waals surface area (Å²) in [6, 6.07) is 7.50. The van der Waals surface area contributed by atoms with Gasteiger partial charge in [0.2, 0.25) is 0 Å².